The molecule has 4 unspecified atom stereocenters. The molecule has 0 aromatic heterocycles. The minimum atomic E-state index is -1.29. The summed E-state index contributed by atoms with van der Waals surface area (Å²) >= 11 is 0. The van der Waals surface area contributed by atoms with Crippen LogP contribution in [-0.2, 0) is 25.6 Å². The third-order valence-corrected chi connectivity index (χ3v) is 4.03. The zero-order valence-electron chi connectivity index (χ0n) is 15.5. The maximum atomic E-state index is 12.5. The summed E-state index contributed by atoms with van der Waals surface area (Å²) in [6.07, 6.45) is -1.48. The van der Waals surface area contributed by atoms with E-state index >= 15 is 0 Å². The molecular formula is C18H26N4O6. The molecule has 1 aromatic carbocycles. The van der Waals surface area contributed by atoms with Gasteiger partial charge < -0.3 is 32.3 Å². The Kier molecular flexibility index (Phi) is 9.06. The average molecular weight is 394 g/mol. The van der Waals surface area contributed by atoms with Crippen LogP contribution in [-0.4, -0.2) is 58.1 Å². The van der Waals surface area contributed by atoms with Gasteiger partial charge in [0.2, 0.25) is 17.7 Å². The second kappa shape index (κ2) is 11.0. The molecule has 0 fully saturated rings. The number of amides is 3. The van der Waals surface area contributed by atoms with Crippen molar-refractivity contribution in [3.63, 3.8) is 0 Å². The molecule has 0 aliphatic carbocycles. The summed E-state index contributed by atoms with van der Waals surface area (Å²) in [5, 5.41) is 23.5. The van der Waals surface area contributed by atoms with Gasteiger partial charge in [-0.2, -0.15) is 0 Å². The van der Waals surface area contributed by atoms with Crippen LogP contribution in [0.15, 0.2) is 30.3 Å². The highest BCUT2D eigenvalue weighted by Gasteiger charge is 2.29. The summed E-state index contributed by atoms with van der Waals surface area (Å²) in [5.74, 6) is -3.55. The molecule has 0 bridgehead atoms. The first-order valence-corrected chi connectivity index (χ1v) is 8.71. The van der Waals surface area contributed by atoms with Crippen molar-refractivity contribution >= 4 is 23.7 Å². The molecule has 0 heterocycles. The molecule has 1 aromatic rings. The molecule has 10 heteroatoms. The highest BCUT2D eigenvalue weighted by atomic mass is 16.4. The Hall–Kier alpha value is -2.98. The number of benzene rings is 1. The summed E-state index contributed by atoms with van der Waals surface area (Å²) in [4.78, 5) is 47.2. The van der Waals surface area contributed by atoms with E-state index in [1.165, 1.54) is 6.92 Å². The van der Waals surface area contributed by atoms with Gasteiger partial charge in [-0.15, -0.1) is 0 Å². The fraction of sp³-hybridized carbons (Fsp3) is 0.444. The van der Waals surface area contributed by atoms with Crippen LogP contribution in [0.4, 0.5) is 0 Å². The number of hydrogen-bond donors (Lipinski definition) is 6. The average Bonchev–Trinajstić information content (AvgIpc) is 2.63. The van der Waals surface area contributed by atoms with E-state index in [1.807, 2.05) is 0 Å². The zero-order chi connectivity index (χ0) is 21.3. The predicted octanol–water partition coefficient (Wildman–Crippen LogP) is -1.74. The minimum absolute atomic E-state index is 0.0333. The standard InChI is InChI=1S/C18H26N4O6/c1-10(23)15(20)17(26)21-12(7-8-14(19)24)16(25)22-13(18(27)28)9-11-5-3-2-4-6-11/h2-6,10,12-13,15,23H,7-9,20H2,1H3,(H2,19,24)(H,21,26)(H,22,25)(H,27,28). The van der Waals surface area contributed by atoms with Crippen LogP contribution >= 0.6 is 0 Å². The first kappa shape index (κ1) is 23.1. The van der Waals surface area contributed by atoms with Gasteiger partial charge in [0.25, 0.3) is 0 Å². The van der Waals surface area contributed by atoms with Gasteiger partial charge in [0.1, 0.15) is 18.1 Å². The van der Waals surface area contributed by atoms with E-state index in [4.69, 9.17) is 11.5 Å². The number of rotatable bonds is 11. The van der Waals surface area contributed by atoms with E-state index in [0.29, 0.717) is 5.56 Å². The second-order valence-corrected chi connectivity index (χ2v) is 6.42. The topological polar surface area (TPSA) is 185 Å². The third-order valence-electron chi connectivity index (χ3n) is 4.03. The quantitative estimate of drug-likeness (QED) is 0.257. The smallest absolute Gasteiger partial charge is 0.326 e. The highest BCUT2D eigenvalue weighted by molar-refractivity contribution is 5.92. The van der Waals surface area contributed by atoms with Crippen molar-refractivity contribution in [2.24, 2.45) is 11.5 Å². The van der Waals surface area contributed by atoms with Gasteiger partial charge in [0.15, 0.2) is 0 Å². The molecule has 8 N–H and O–H groups in total. The predicted molar refractivity (Wildman–Crippen MR) is 99.7 cm³/mol. The first-order chi connectivity index (χ1) is 13.1. The number of nitrogens with one attached hydrogen (secondary N) is 2. The minimum Gasteiger partial charge on any atom is -0.480 e. The van der Waals surface area contributed by atoms with Gasteiger partial charge in [0, 0.05) is 12.8 Å². The molecule has 0 spiro atoms. The van der Waals surface area contributed by atoms with Crippen molar-refractivity contribution in [2.75, 3.05) is 0 Å². The Balaban J connectivity index is 2.88. The van der Waals surface area contributed by atoms with Crippen molar-refractivity contribution in [3.05, 3.63) is 35.9 Å². The number of aliphatic hydroxyl groups is 1. The number of carbonyl (C=O) groups excluding carboxylic acids is 3. The molecule has 1 rings (SSSR count). The fourth-order valence-corrected chi connectivity index (χ4v) is 2.36. The summed E-state index contributed by atoms with van der Waals surface area (Å²) in [6, 6.07) is 4.93. The van der Waals surface area contributed by atoms with E-state index in [0.717, 1.165) is 0 Å². The molecule has 0 saturated heterocycles. The van der Waals surface area contributed by atoms with E-state index in [-0.39, 0.29) is 19.3 Å². The Bertz CT molecular complexity index is 695. The lowest BCUT2D eigenvalue weighted by molar-refractivity contribution is -0.142. The summed E-state index contributed by atoms with van der Waals surface area (Å²) in [6.45, 7) is 1.31. The Labute approximate surface area is 162 Å². The summed E-state index contributed by atoms with van der Waals surface area (Å²) in [5.41, 5.74) is 11.3. The van der Waals surface area contributed by atoms with Gasteiger partial charge in [-0.3, -0.25) is 14.4 Å². The van der Waals surface area contributed by atoms with Crippen LogP contribution in [0.1, 0.15) is 25.3 Å². The number of nitrogens with two attached hydrogens (primary N) is 2. The van der Waals surface area contributed by atoms with Crippen LogP contribution in [0.5, 0.6) is 0 Å². The molecule has 0 radical (unpaired) electrons. The van der Waals surface area contributed by atoms with Gasteiger partial charge >= 0.3 is 5.97 Å². The van der Waals surface area contributed by atoms with Crippen LogP contribution in [0, 0.1) is 0 Å². The van der Waals surface area contributed by atoms with Crippen molar-refractivity contribution in [3.8, 4) is 0 Å². The van der Waals surface area contributed by atoms with Gasteiger partial charge in [-0.05, 0) is 18.9 Å². The molecule has 10 nitrogen and oxygen atoms in total. The van der Waals surface area contributed by atoms with E-state index in [9.17, 15) is 29.4 Å². The number of aliphatic carboxylic acids is 1. The van der Waals surface area contributed by atoms with Crippen molar-refractivity contribution in [1.29, 1.82) is 0 Å². The van der Waals surface area contributed by atoms with Crippen LogP contribution in [0.2, 0.25) is 0 Å². The molecule has 154 valence electrons. The summed E-state index contributed by atoms with van der Waals surface area (Å²) < 4.78 is 0. The molecule has 0 aliphatic heterocycles. The maximum absolute atomic E-state index is 12.5. The van der Waals surface area contributed by atoms with Crippen molar-refractivity contribution in [1.82, 2.24) is 10.6 Å². The van der Waals surface area contributed by atoms with Crippen molar-refractivity contribution < 1.29 is 29.4 Å². The number of carboxylic acids is 1. The lowest BCUT2D eigenvalue weighted by atomic mass is 10.0. The Morgan fingerprint density at radius 3 is 2.11 bits per heavy atom. The number of carbonyl (C=O) groups is 4. The number of primary amides is 1. The molecule has 28 heavy (non-hydrogen) atoms. The molecular weight excluding hydrogens is 368 g/mol. The third kappa shape index (κ3) is 7.72. The molecule has 0 saturated carbocycles. The van der Waals surface area contributed by atoms with E-state index < -0.39 is 47.9 Å². The normalized spacial score (nSPS) is 15.0. The monoisotopic (exact) mass is 394 g/mol. The zero-order valence-corrected chi connectivity index (χ0v) is 15.5. The molecule has 3 amide bonds. The van der Waals surface area contributed by atoms with Gasteiger partial charge in [-0.25, -0.2) is 4.79 Å². The summed E-state index contributed by atoms with van der Waals surface area (Å²) in [7, 11) is 0. The first-order valence-electron chi connectivity index (χ1n) is 8.71. The Morgan fingerprint density at radius 1 is 1.04 bits per heavy atom. The van der Waals surface area contributed by atoms with Crippen LogP contribution < -0.4 is 22.1 Å². The SMILES string of the molecule is CC(O)C(N)C(=O)NC(CCC(N)=O)C(=O)NC(Cc1ccccc1)C(=O)O. The number of hydrogen-bond acceptors (Lipinski definition) is 6. The van der Waals surface area contributed by atoms with Gasteiger partial charge in [0.05, 0.1) is 6.10 Å². The van der Waals surface area contributed by atoms with Crippen LogP contribution in [0.3, 0.4) is 0 Å². The number of aliphatic hydroxyl groups excluding tert-OH is 1. The van der Waals surface area contributed by atoms with E-state index in [1.54, 1.807) is 30.3 Å². The highest BCUT2D eigenvalue weighted by Crippen LogP contribution is 2.06. The number of carboxylic acid groups (broad SMARTS) is 1. The lowest BCUT2D eigenvalue weighted by Crippen LogP contribution is -2.56. The lowest BCUT2D eigenvalue weighted by Gasteiger charge is -2.23. The fourth-order valence-electron chi connectivity index (χ4n) is 2.36. The molecule has 4 atom stereocenters. The molecule has 0 aliphatic rings. The maximum Gasteiger partial charge on any atom is 0.326 e. The van der Waals surface area contributed by atoms with E-state index in [2.05, 4.69) is 10.6 Å². The largest absolute Gasteiger partial charge is 0.480 e. The second-order valence-electron chi connectivity index (χ2n) is 6.42. The Morgan fingerprint density at radius 2 is 1.61 bits per heavy atom. The van der Waals surface area contributed by atoms with Gasteiger partial charge in [-0.1, -0.05) is 30.3 Å². The van der Waals surface area contributed by atoms with Crippen LogP contribution in [0.25, 0.3) is 0 Å². The van der Waals surface area contributed by atoms with Crippen molar-refractivity contribution in [2.45, 2.75) is 50.4 Å².